The summed E-state index contributed by atoms with van der Waals surface area (Å²) < 4.78 is 5.33. The van der Waals surface area contributed by atoms with Gasteiger partial charge in [0.25, 0.3) is 0 Å². The number of morpholine rings is 1. The van der Waals surface area contributed by atoms with Crippen molar-refractivity contribution in [3.05, 3.63) is 77.3 Å². The molecule has 0 bridgehead atoms. The smallest absolute Gasteiger partial charge is 0.249 e. The van der Waals surface area contributed by atoms with Gasteiger partial charge in [0.2, 0.25) is 11.8 Å². The molecule has 4 rings (SSSR count). The number of H-pyrrole nitrogens is 1. The molecule has 2 fully saturated rings. The largest absolute Gasteiger partial charge is 0.379 e. The van der Waals surface area contributed by atoms with Crippen LogP contribution in [0, 0.1) is 0 Å². The second kappa shape index (κ2) is 13.1. The molecule has 38 heavy (non-hydrogen) atoms. The fraction of sp³-hybridized carbons (Fsp3) is 0.379. The van der Waals surface area contributed by atoms with Crippen molar-refractivity contribution in [2.75, 3.05) is 38.2 Å². The van der Waals surface area contributed by atoms with Crippen LogP contribution in [0.25, 0.3) is 5.57 Å². The van der Waals surface area contributed by atoms with Gasteiger partial charge in [0.05, 0.1) is 19.1 Å². The summed E-state index contributed by atoms with van der Waals surface area (Å²) in [7, 11) is 0. The molecule has 200 valence electrons. The molecule has 2 aliphatic rings. The van der Waals surface area contributed by atoms with E-state index in [1.807, 2.05) is 56.3 Å². The highest BCUT2D eigenvalue weighted by Gasteiger charge is 2.26. The van der Waals surface area contributed by atoms with Crippen molar-refractivity contribution in [1.82, 2.24) is 20.4 Å². The van der Waals surface area contributed by atoms with Crippen LogP contribution in [0.5, 0.6) is 0 Å². The maximum absolute atomic E-state index is 12.8. The summed E-state index contributed by atoms with van der Waals surface area (Å²) in [5, 5.41) is 12.9. The molecule has 9 nitrogen and oxygen atoms in total. The van der Waals surface area contributed by atoms with E-state index in [0.29, 0.717) is 24.1 Å². The Labute approximate surface area is 223 Å². The van der Waals surface area contributed by atoms with Gasteiger partial charge in [-0.1, -0.05) is 36.4 Å². The second-order valence-electron chi connectivity index (χ2n) is 9.68. The number of anilines is 1. The molecule has 2 amide bonds. The molecule has 1 saturated heterocycles. The quantitative estimate of drug-likeness (QED) is 0.238. The standard InChI is InChI=1S/C29H36N6O3/c1-20(9-12-26(30-3)31-28(36)8-5-13-35-14-16-38-17-15-35)23-6-4-7-24(18-23)21(2)29(37)32-27-19-25(33-34-27)22-10-11-22/h4-9,12,18-19,21-22H,3,10-11,13-17H2,1-2H3,(H,31,36)(H2,32,33,34,37)/b8-5+,20-9+,26-12+. The summed E-state index contributed by atoms with van der Waals surface area (Å²) in [6, 6.07) is 9.78. The molecular formula is C29H36N6O3. The van der Waals surface area contributed by atoms with E-state index in [1.54, 1.807) is 6.08 Å². The van der Waals surface area contributed by atoms with E-state index in [1.165, 1.54) is 18.9 Å². The minimum atomic E-state index is -0.353. The van der Waals surface area contributed by atoms with Crippen LogP contribution in [-0.4, -0.2) is 66.5 Å². The Morgan fingerprint density at radius 1 is 1.26 bits per heavy atom. The first-order valence-electron chi connectivity index (χ1n) is 13.0. The van der Waals surface area contributed by atoms with E-state index in [4.69, 9.17) is 4.74 Å². The first-order valence-corrected chi connectivity index (χ1v) is 13.0. The van der Waals surface area contributed by atoms with E-state index in [9.17, 15) is 9.59 Å². The van der Waals surface area contributed by atoms with Crippen LogP contribution < -0.4 is 10.6 Å². The molecule has 1 aromatic carbocycles. The lowest BCUT2D eigenvalue weighted by Crippen LogP contribution is -2.36. The summed E-state index contributed by atoms with van der Waals surface area (Å²) in [4.78, 5) is 31.3. The van der Waals surface area contributed by atoms with Crippen LogP contribution in [0.2, 0.25) is 0 Å². The van der Waals surface area contributed by atoms with Crippen LogP contribution in [0.3, 0.4) is 0 Å². The Morgan fingerprint density at radius 2 is 2.05 bits per heavy atom. The number of aromatic nitrogens is 2. The number of rotatable bonds is 11. The number of benzene rings is 1. The Kier molecular flexibility index (Phi) is 9.40. The van der Waals surface area contributed by atoms with E-state index in [2.05, 4.69) is 37.4 Å². The summed E-state index contributed by atoms with van der Waals surface area (Å²) in [6.45, 7) is 11.3. The number of ether oxygens (including phenoxy) is 1. The van der Waals surface area contributed by atoms with Gasteiger partial charge in [0.1, 0.15) is 5.82 Å². The van der Waals surface area contributed by atoms with Crippen molar-refractivity contribution in [2.24, 2.45) is 4.99 Å². The minimum absolute atomic E-state index is 0.111. The number of aliphatic imine (C=N–C) groups is 1. The molecule has 1 atom stereocenters. The number of carbonyl (C=O) groups excluding carboxylic acids is 2. The molecule has 0 radical (unpaired) electrons. The van der Waals surface area contributed by atoms with Gasteiger partial charge in [-0.3, -0.25) is 19.6 Å². The third-order valence-corrected chi connectivity index (χ3v) is 6.75. The molecule has 1 aliphatic heterocycles. The van der Waals surface area contributed by atoms with E-state index in [0.717, 1.165) is 48.7 Å². The molecule has 3 N–H and O–H groups in total. The summed E-state index contributed by atoms with van der Waals surface area (Å²) in [5.74, 6) is 0.745. The van der Waals surface area contributed by atoms with Gasteiger partial charge in [0.15, 0.2) is 5.82 Å². The zero-order chi connectivity index (χ0) is 26.9. The molecule has 1 unspecified atom stereocenters. The normalized spacial score (nSPS) is 17.8. The third kappa shape index (κ3) is 7.84. The van der Waals surface area contributed by atoms with Crippen molar-refractivity contribution < 1.29 is 14.3 Å². The third-order valence-electron chi connectivity index (χ3n) is 6.75. The monoisotopic (exact) mass is 516 g/mol. The van der Waals surface area contributed by atoms with E-state index >= 15 is 0 Å². The number of hydrogen-bond acceptors (Lipinski definition) is 6. The summed E-state index contributed by atoms with van der Waals surface area (Å²) >= 11 is 0. The lowest BCUT2D eigenvalue weighted by atomic mass is 9.96. The lowest BCUT2D eigenvalue weighted by molar-refractivity contribution is -0.117. The highest BCUT2D eigenvalue weighted by atomic mass is 16.5. The number of amides is 2. The van der Waals surface area contributed by atoms with Gasteiger partial charge in [-0.25, -0.2) is 4.99 Å². The second-order valence-corrected chi connectivity index (χ2v) is 9.68. The van der Waals surface area contributed by atoms with Crippen LogP contribution in [0.4, 0.5) is 5.82 Å². The van der Waals surface area contributed by atoms with Crippen molar-refractivity contribution >= 4 is 29.9 Å². The average molecular weight is 517 g/mol. The van der Waals surface area contributed by atoms with Gasteiger partial charge in [0, 0.05) is 43.4 Å². The van der Waals surface area contributed by atoms with E-state index in [-0.39, 0.29) is 17.7 Å². The number of allylic oxidation sites excluding steroid dienone is 3. The fourth-order valence-corrected chi connectivity index (χ4v) is 4.14. The molecule has 0 spiro atoms. The minimum Gasteiger partial charge on any atom is -0.379 e. The molecule has 2 aromatic rings. The van der Waals surface area contributed by atoms with Crippen LogP contribution >= 0.6 is 0 Å². The number of nitrogens with one attached hydrogen (secondary N) is 3. The lowest BCUT2D eigenvalue weighted by Gasteiger charge is -2.24. The number of hydrogen-bond donors (Lipinski definition) is 3. The Hall–Kier alpha value is -3.82. The predicted molar refractivity (Wildman–Crippen MR) is 150 cm³/mol. The van der Waals surface area contributed by atoms with Crippen molar-refractivity contribution in [2.45, 2.75) is 38.5 Å². The van der Waals surface area contributed by atoms with Crippen LogP contribution in [0.15, 0.2) is 65.4 Å². The first-order chi connectivity index (χ1) is 18.4. The maximum Gasteiger partial charge on any atom is 0.249 e. The van der Waals surface area contributed by atoms with Crippen molar-refractivity contribution in [1.29, 1.82) is 0 Å². The van der Waals surface area contributed by atoms with Gasteiger partial charge >= 0.3 is 0 Å². The molecule has 1 aliphatic carbocycles. The molecule has 9 heteroatoms. The van der Waals surface area contributed by atoms with Crippen LogP contribution in [-0.2, 0) is 14.3 Å². The zero-order valence-electron chi connectivity index (χ0n) is 22.1. The molecular weight excluding hydrogens is 480 g/mol. The highest BCUT2D eigenvalue weighted by molar-refractivity contribution is 5.95. The van der Waals surface area contributed by atoms with Gasteiger partial charge in [-0.05, 0) is 56.2 Å². The van der Waals surface area contributed by atoms with Gasteiger partial charge in [-0.15, -0.1) is 0 Å². The molecule has 1 saturated carbocycles. The number of nitrogens with zero attached hydrogens (tertiary/aromatic N) is 3. The number of carbonyl (C=O) groups is 2. The van der Waals surface area contributed by atoms with E-state index < -0.39 is 0 Å². The molecule has 2 heterocycles. The zero-order valence-corrected chi connectivity index (χ0v) is 22.1. The SMILES string of the molecule is C=N/C(=C\C=C(/C)c1cccc(C(C)C(=O)Nc2cc(C3CC3)[nH]n2)c1)NC(=O)/C=C/CN1CCOCC1. The summed E-state index contributed by atoms with van der Waals surface area (Å²) in [6.07, 6.45) is 9.27. The van der Waals surface area contributed by atoms with Crippen molar-refractivity contribution in [3.8, 4) is 0 Å². The van der Waals surface area contributed by atoms with Crippen LogP contribution in [0.1, 0.15) is 55.3 Å². The Morgan fingerprint density at radius 3 is 2.79 bits per heavy atom. The first kappa shape index (κ1) is 27.2. The Bertz CT molecular complexity index is 1230. The van der Waals surface area contributed by atoms with Gasteiger partial charge < -0.3 is 15.4 Å². The highest BCUT2D eigenvalue weighted by Crippen LogP contribution is 2.39. The summed E-state index contributed by atoms with van der Waals surface area (Å²) in [5.41, 5.74) is 3.90. The Balaban J connectivity index is 1.33. The number of aromatic amines is 1. The molecule has 1 aromatic heterocycles. The average Bonchev–Trinajstić information content (AvgIpc) is 3.69. The predicted octanol–water partition coefficient (Wildman–Crippen LogP) is 3.98. The maximum atomic E-state index is 12.8. The topological polar surface area (TPSA) is 112 Å². The van der Waals surface area contributed by atoms with Crippen molar-refractivity contribution in [3.63, 3.8) is 0 Å². The fourth-order valence-electron chi connectivity index (χ4n) is 4.14. The van der Waals surface area contributed by atoms with Gasteiger partial charge in [-0.2, -0.15) is 5.10 Å².